The molecule has 2 aromatic rings. The highest BCUT2D eigenvalue weighted by molar-refractivity contribution is 8.26. The first-order valence-electron chi connectivity index (χ1n) is 9.64. The molecule has 8 heteroatoms. The van der Waals surface area contributed by atoms with Crippen LogP contribution in [0.1, 0.15) is 46.1 Å². The van der Waals surface area contributed by atoms with Crippen LogP contribution in [0.5, 0.6) is 0 Å². The van der Waals surface area contributed by atoms with Gasteiger partial charge in [0.15, 0.2) is 5.17 Å². The molecule has 0 unspecified atom stereocenters. The molecule has 1 aromatic carbocycles. The fourth-order valence-electron chi connectivity index (χ4n) is 4.18. The second-order valence-electron chi connectivity index (χ2n) is 8.92. The molecule has 156 valence electrons. The zero-order valence-electron chi connectivity index (χ0n) is 17.6. The molecule has 0 radical (unpaired) electrons. The van der Waals surface area contributed by atoms with Crippen LogP contribution in [0.3, 0.4) is 0 Å². The van der Waals surface area contributed by atoms with E-state index in [1.807, 2.05) is 36.3 Å². The zero-order chi connectivity index (χ0) is 21.4. The lowest BCUT2D eigenvalue weighted by Gasteiger charge is -2.49. The second kappa shape index (κ2) is 8.13. The molecule has 1 aromatic heterocycles. The SMILES string of the molecule is CN(C(=N)SC(=N)c1ccc(-n2cccn2)cc1Cl)C1CC(C)(C)NC(C)(C)C1. The minimum atomic E-state index is 0.00473. The normalized spacial score (nSPS) is 18.4. The number of amidine groups is 1. The van der Waals surface area contributed by atoms with Gasteiger partial charge >= 0.3 is 0 Å². The first kappa shape index (κ1) is 21.9. The van der Waals surface area contributed by atoms with Crippen molar-refractivity contribution in [2.45, 2.75) is 57.7 Å². The minimum Gasteiger partial charge on any atom is -0.351 e. The number of piperidine rings is 1. The minimum absolute atomic E-state index is 0.00473. The van der Waals surface area contributed by atoms with Gasteiger partial charge in [0.25, 0.3) is 0 Å². The third kappa shape index (κ3) is 5.21. The van der Waals surface area contributed by atoms with Gasteiger partial charge < -0.3 is 10.2 Å². The fourth-order valence-corrected chi connectivity index (χ4v) is 5.28. The molecule has 0 amide bonds. The van der Waals surface area contributed by atoms with Crippen molar-refractivity contribution < 1.29 is 0 Å². The van der Waals surface area contributed by atoms with E-state index in [0.717, 1.165) is 30.3 Å². The summed E-state index contributed by atoms with van der Waals surface area (Å²) in [4.78, 5) is 2.00. The molecule has 0 spiro atoms. The zero-order valence-corrected chi connectivity index (χ0v) is 19.2. The average molecular weight is 433 g/mol. The summed E-state index contributed by atoms with van der Waals surface area (Å²) in [6.45, 7) is 8.81. The summed E-state index contributed by atoms with van der Waals surface area (Å²) in [7, 11) is 1.95. The van der Waals surface area contributed by atoms with Crippen LogP contribution in [0, 0.1) is 10.8 Å². The number of benzene rings is 1. The summed E-state index contributed by atoms with van der Waals surface area (Å²) in [5, 5.41) is 26.0. The van der Waals surface area contributed by atoms with E-state index in [2.05, 4.69) is 38.1 Å². The van der Waals surface area contributed by atoms with Crippen molar-refractivity contribution in [3.8, 4) is 5.69 Å². The van der Waals surface area contributed by atoms with Crippen molar-refractivity contribution in [2.75, 3.05) is 7.05 Å². The standard InChI is InChI=1S/C21H29ClN6S/c1-20(2)12-15(13-21(3,4)26-20)27(5)19(24)29-18(23)16-8-7-14(11-17(16)22)28-10-6-9-25-28/h6-11,15,23-24,26H,12-13H2,1-5H3. The van der Waals surface area contributed by atoms with E-state index in [4.69, 9.17) is 22.4 Å². The molecule has 2 heterocycles. The predicted molar refractivity (Wildman–Crippen MR) is 123 cm³/mol. The first-order chi connectivity index (χ1) is 13.5. The van der Waals surface area contributed by atoms with Gasteiger partial charge in [0.05, 0.1) is 10.7 Å². The number of hydrogen-bond acceptors (Lipinski definition) is 5. The lowest BCUT2D eigenvalue weighted by atomic mass is 9.79. The van der Waals surface area contributed by atoms with E-state index in [1.54, 1.807) is 16.9 Å². The quantitative estimate of drug-likeness (QED) is 0.482. The Kier molecular flexibility index (Phi) is 6.13. The summed E-state index contributed by atoms with van der Waals surface area (Å²) in [5.41, 5.74) is 1.47. The largest absolute Gasteiger partial charge is 0.351 e. The van der Waals surface area contributed by atoms with Crippen molar-refractivity contribution in [3.05, 3.63) is 47.2 Å². The van der Waals surface area contributed by atoms with Crippen LogP contribution in [0.15, 0.2) is 36.7 Å². The molecule has 1 aliphatic rings. The molecule has 6 nitrogen and oxygen atoms in total. The van der Waals surface area contributed by atoms with Gasteiger partial charge in [-0.1, -0.05) is 11.6 Å². The van der Waals surface area contributed by atoms with E-state index in [9.17, 15) is 0 Å². The summed E-state index contributed by atoms with van der Waals surface area (Å²) in [6.07, 6.45) is 5.45. The molecule has 0 bridgehead atoms. The molecule has 1 aliphatic heterocycles. The number of rotatable bonds is 3. The maximum absolute atomic E-state index is 8.57. The van der Waals surface area contributed by atoms with E-state index < -0.39 is 0 Å². The van der Waals surface area contributed by atoms with Crippen molar-refractivity contribution in [1.82, 2.24) is 20.0 Å². The monoisotopic (exact) mass is 432 g/mol. The summed E-state index contributed by atoms with van der Waals surface area (Å²) < 4.78 is 1.73. The molecule has 3 N–H and O–H groups in total. The van der Waals surface area contributed by atoms with Crippen LogP contribution < -0.4 is 5.32 Å². The molecular weight excluding hydrogens is 404 g/mol. The first-order valence-corrected chi connectivity index (χ1v) is 10.8. The fraction of sp³-hybridized carbons (Fsp3) is 0.476. The second-order valence-corrected chi connectivity index (χ2v) is 10.3. The number of nitrogens with zero attached hydrogens (tertiary/aromatic N) is 3. The maximum atomic E-state index is 8.57. The Morgan fingerprint density at radius 2 is 1.90 bits per heavy atom. The Morgan fingerprint density at radius 3 is 2.45 bits per heavy atom. The van der Waals surface area contributed by atoms with Crippen LogP contribution in [-0.4, -0.2) is 49.1 Å². The van der Waals surface area contributed by atoms with Gasteiger partial charge in [-0.25, -0.2) is 4.68 Å². The van der Waals surface area contributed by atoms with Gasteiger partial charge in [0.2, 0.25) is 0 Å². The van der Waals surface area contributed by atoms with Gasteiger partial charge in [-0.05, 0) is 76.6 Å². The van der Waals surface area contributed by atoms with Crippen molar-refractivity contribution in [2.24, 2.45) is 0 Å². The average Bonchev–Trinajstić information content (AvgIpc) is 3.12. The van der Waals surface area contributed by atoms with Crippen LogP contribution in [-0.2, 0) is 0 Å². The molecule has 29 heavy (non-hydrogen) atoms. The van der Waals surface area contributed by atoms with Crippen molar-refractivity contribution in [3.63, 3.8) is 0 Å². The Balaban J connectivity index is 1.69. The highest BCUT2D eigenvalue weighted by atomic mass is 35.5. The van der Waals surface area contributed by atoms with Crippen molar-refractivity contribution in [1.29, 1.82) is 10.8 Å². The van der Waals surface area contributed by atoms with E-state index in [0.29, 0.717) is 15.8 Å². The summed E-state index contributed by atoms with van der Waals surface area (Å²) in [6, 6.07) is 7.59. The third-order valence-corrected chi connectivity index (χ3v) is 6.42. The third-order valence-electron chi connectivity index (χ3n) is 5.20. The topological polar surface area (TPSA) is 80.8 Å². The highest BCUT2D eigenvalue weighted by Gasteiger charge is 2.39. The van der Waals surface area contributed by atoms with Gasteiger partial charge in [-0.15, -0.1) is 0 Å². The van der Waals surface area contributed by atoms with Crippen molar-refractivity contribution >= 4 is 33.6 Å². The smallest absolute Gasteiger partial charge is 0.162 e. The van der Waals surface area contributed by atoms with E-state index in [-0.39, 0.29) is 22.2 Å². The molecule has 0 aliphatic carbocycles. The van der Waals surface area contributed by atoms with E-state index in [1.165, 1.54) is 0 Å². The Hall–Kier alpha value is -1.83. The van der Waals surface area contributed by atoms with Gasteiger partial charge in [0, 0.05) is 42.1 Å². The number of hydrogen-bond donors (Lipinski definition) is 3. The predicted octanol–water partition coefficient (Wildman–Crippen LogP) is 4.76. The molecule has 1 fully saturated rings. The highest BCUT2D eigenvalue weighted by Crippen LogP contribution is 2.33. The molecule has 0 atom stereocenters. The number of thioether (sulfide) groups is 1. The number of nitrogens with one attached hydrogen (secondary N) is 3. The Morgan fingerprint density at radius 1 is 1.24 bits per heavy atom. The van der Waals surface area contributed by atoms with Crippen LogP contribution >= 0.6 is 23.4 Å². The summed E-state index contributed by atoms with van der Waals surface area (Å²) in [5.74, 6) is 0. The number of halogens is 1. The van der Waals surface area contributed by atoms with Gasteiger partial charge in [-0.3, -0.25) is 10.8 Å². The molecule has 0 saturated carbocycles. The molecular formula is C21H29ClN6S. The van der Waals surface area contributed by atoms with Gasteiger partial charge in [0.1, 0.15) is 5.04 Å². The lowest BCUT2D eigenvalue weighted by Crippen LogP contribution is -2.62. The van der Waals surface area contributed by atoms with Crippen LogP contribution in [0.2, 0.25) is 5.02 Å². The Labute approximate surface area is 182 Å². The maximum Gasteiger partial charge on any atom is 0.162 e. The number of aromatic nitrogens is 2. The Bertz CT molecular complexity index is 890. The molecule has 3 rings (SSSR count). The van der Waals surface area contributed by atoms with Gasteiger partial charge in [-0.2, -0.15) is 5.10 Å². The van der Waals surface area contributed by atoms with Crippen LogP contribution in [0.25, 0.3) is 5.69 Å². The van der Waals surface area contributed by atoms with Crippen LogP contribution in [0.4, 0.5) is 0 Å². The summed E-state index contributed by atoms with van der Waals surface area (Å²) >= 11 is 7.58. The van der Waals surface area contributed by atoms with E-state index >= 15 is 0 Å². The molecule has 1 saturated heterocycles. The lowest BCUT2D eigenvalue weighted by molar-refractivity contribution is 0.114.